The van der Waals surface area contributed by atoms with E-state index in [2.05, 4.69) is 22.4 Å². The number of nitrogens with one attached hydrogen (secondary N) is 2. The number of nitrogens with zero attached hydrogens (tertiary/aromatic N) is 2. The third-order valence-electron chi connectivity index (χ3n) is 7.13. The fourth-order valence-electron chi connectivity index (χ4n) is 4.77. The largest absolute Gasteiger partial charge is 0.477 e. The van der Waals surface area contributed by atoms with Crippen molar-refractivity contribution < 1.29 is 19.5 Å². The number of carbonyl (C=O) groups is 3. The van der Waals surface area contributed by atoms with Gasteiger partial charge >= 0.3 is 5.97 Å². The van der Waals surface area contributed by atoms with Gasteiger partial charge in [0.15, 0.2) is 0 Å². The van der Waals surface area contributed by atoms with Gasteiger partial charge in [0.05, 0.1) is 5.69 Å². The molecule has 2 heterocycles. The second kappa shape index (κ2) is 10.3. The normalized spacial score (nSPS) is 19.6. The summed E-state index contributed by atoms with van der Waals surface area (Å²) in [5, 5.41) is 19.3. The Balaban J connectivity index is 1.39. The Morgan fingerprint density at radius 3 is 2.42 bits per heavy atom. The number of anilines is 2. The number of hydrogen-bond donors (Lipinski definition) is 3. The maximum atomic E-state index is 13.6. The van der Waals surface area contributed by atoms with Gasteiger partial charge in [0.2, 0.25) is 5.91 Å². The minimum atomic E-state index is -1.02. The zero-order valence-corrected chi connectivity index (χ0v) is 21.0. The van der Waals surface area contributed by atoms with E-state index in [0.29, 0.717) is 35.4 Å². The highest BCUT2D eigenvalue weighted by Crippen LogP contribution is 2.41. The lowest BCUT2D eigenvalue weighted by atomic mass is 9.82. The molecule has 1 aromatic carbocycles. The van der Waals surface area contributed by atoms with Crippen molar-refractivity contribution in [3.8, 4) is 10.4 Å². The van der Waals surface area contributed by atoms with Crippen molar-refractivity contribution in [2.45, 2.75) is 45.4 Å². The standard InChI is InChI=1S/C27H30N4O4S/c1-16-2-6-19(7-3-16)26(33)31(15-17-4-5-17)22-14-23(36-24(22)27(34)35)18-8-10-20(11-9-18)29-25(32)21-12-13-28-30-21/h8-14,16-17,19H,2-7,15H2,1H3,(H,28,30)(H,29,32)(H,34,35)/t16-,19-. The van der Waals surface area contributed by atoms with E-state index in [4.69, 9.17) is 0 Å². The minimum Gasteiger partial charge on any atom is -0.477 e. The average Bonchev–Trinajstić information content (AvgIpc) is 3.32. The number of aromatic amines is 1. The van der Waals surface area contributed by atoms with Crippen molar-refractivity contribution in [1.82, 2.24) is 10.2 Å². The SMILES string of the molecule is C[C@H]1CC[C@H](C(=O)N(CC2CC2)c2cc(-c3ccc(NC(=O)c4cc[nH]n4)cc3)sc2C(=O)O)CC1. The van der Waals surface area contributed by atoms with Crippen LogP contribution in [0.1, 0.15) is 65.6 Å². The van der Waals surface area contributed by atoms with E-state index in [-0.39, 0.29) is 22.6 Å². The summed E-state index contributed by atoms with van der Waals surface area (Å²) in [7, 11) is 0. The Morgan fingerprint density at radius 2 is 1.81 bits per heavy atom. The van der Waals surface area contributed by atoms with Gasteiger partial charge in [-0.3, -0.25) is 14.7 Å². The molecule has 3 N–H and O–H groups in total. The molecule has 8 nitrogen and oxygen atoms in total. The number of thiophene rings is 1. The van der Waals surface area contributed by atoms with Gasteiger partial charge in [0, 0.05) is 29.2 Å². The zero-order valence-electron chi connectivity index (χ0n) is 20.2. The van der Waals surface area contributed by atoms with E-state index < -0.39 is 5.97 Å². The van der Waals surface area contributed by atoms with Crippen LogP contribution in [0.2, 0.25) is 0 Å². The van der Waals surface area contributed by atoms with E-state index in [9.17, 15) is 19.5 Å². The molecule has 9 heteroatoms. The van der Waals surface area contributed by atoms with Crippen LogP contribution in [0.25, 0.3) is 10.4 Å². The van der Waals surface area contributed by atoms with Gasteiger partial charge in [-0.1, -0.05) is 19.1 Å². The molecule has 2 amide bonds. The van der Waals surface area contributed by atoms with Crippen molar-refractivity contribution in [3.63, 3.8) is 0 Å². The highest BCUT2D eigenvalue weighted by molar-refractivity contribution is 7.18. The van der Waals surface area contributed by atoms with Crippen LogP contribution in [-0.4, -0.2) is 39.6 Å². The number of aromatic carboxylic acids is 1. The Bertz CT molecular complexity index is 1240. The van der Waals surface area contributed by atoms with Gasteiger partial charge < -0.3 is 15.3 Å². The Labute approximate surface area is 213 Å². The Hall–Kier alpha value is -3.46. The molecule has 0 bridgehead atoms. The number of rotatable bonds is 8. The van der Waals surface area contributed by atoms with Crippen LogP contribution in [-0.2, 0) is 4.79 Å². The number of aromatic nitrogens is 2. The van der Waals surface area contributed by atoms with Crippen LogP contribution in [0.4, 0.5) is 11.4 Å². The first kappa shape index (κ1) is 24.2. The monoisotopic (exact) mass is 506 g/mol. The summed E-state index contributed by atoms with van der Waals surface area (Å²) in [6.07, 6.45) is 7.55. The number of carbonyl (C=O) groups excluding carboxylic acids is 2. The first-order chi connectivity index (χ1) is 17.4. The van der Waals surface area contributed by atoms with Crippen LogP contribution in [0, 0.1) is 17.8 Å². The summed E-state index contributed by atoms with van der Waals surface area (Å²) < 4.78 is 0. The van der Waals surface area contributed by atoms with Gasteiger partial charge in [-0.25, -0.2) is 4.79 Å². The van der Waals surface area contributed by atoms with Crippen molar-refractivity contribution >= 4 is 40.5 Å². The summed E-state index contributed by atoms with van der Waals surface area (Å²) in [6, 6.07) is 10.7. The van der Waals surface area contributed by atoms with Gasteiger partial charge in [-0.05, 0) is 80.2 Å². The fourth-order valence-corrected chi connectivity index (χ4v) is 5.78. The quantitative estimate of drug-likeness (QED) is 0.365. The van der Waals surface area contributed by atoms with E-state index in [0.717, 1.165) is 49.0 Å². The van der Waals surface area contributed by atoms with E-state index in [1.807, 2.05) is 18.2 Å². The van der Waals surface area contributed by atoms with Crippen molar-refractivity contribution in [1.29, 1.82) is 0 Å². The Morgan fingerprint density at radius 1 is 1.08 bits per heavy atom. The maximum absolute atomic E-state index is 13.6. The van der Waals surface area contributed by atoms with Crippen LogP contribution in [0.5, 0.6) is 0 Å². The second-order valence-corrected chi connectivity index (χ2v) is 11.0. The van der Waals surface area contributed by atoms with Gasteiger partial charge in [0.25, 0.3) is 5.91 Å². The smallest absolute Gasteiger partial charge is 0.348 e. The van der Waals surface area contributed by atoms with Gasteiger partial charge in [0.1, 0.15) is 10.6 Å². The third kappa shape index (κ3) is 5.36. The molecule has 2 fully saturated rings. The maximum Gasteiger partial charge on any atom is 0.348 e. The van der Waals surface area contributed by atoms with E-state index in [1.165, 1.54) is 11.3 Å². The molecule has 2 aromatic heterocycles. The second-order valence-electron chi connectivity index (χ2n) is 9.97. The lowest BCUT2D eigenvalue weighted by Crippen LogP contribution is -2.39. The minimum absolute atomic E-state index is 0.0395. The molecule has 2 saturated carbocycles. The first-order valence-corrected chi connectivity index (χ1v) is 13.3. The van der Waals surface area contributed by atoms with E-state index >= 15 is 0 Å². The number of hydrogen-bond acceptors (Lipinski definition) is 5. The molecule has 0 spiro atoms. The summed E-state index contributed by atoms with van der Waals surface area (Å²) in [4.78, 5) is 40.8. The molecule has 0 saturated heterocycles. The van der Waals surface area contributed by atoms with Crippen molar-refractivity contribution in [2.24, 2.45) is 17.8 Å². The molecule has 0 aliphatic heterocycles. The van der Waals surface area contributed by atoms with Crippen LogP contribution >= 0.6 is 11.3 Å². The highest BCUT2D eigenvalue weighted by Gasteiger charge is 2.35. The molecular formula is C27H30N4O4S. The molecule has 0 atom stereocenters. The van der Waals surface area contributed by atoms with Crippen molar-refractivity contribution in [2.75, 3.05) is 16.8 Å². The van der Waals surface area contributed by atoms with Crippen LogP contribution in [0.3, 0.4) is 0 Å². The number of H-pyrrole nitrogens is 1. The molecule has 0 radical (unpaired) electrons. The first-order valence-electron chi connectivity index (χ1n) is 12.5. The molecule has 0 unspecified atom stereocenters. The average molecular weight is 507 g/mol. The molecule has 5 rings (SSSR count). The fraction of sp³-hybridized carbons (Fsp3) is 0.407. The Kier molecular flexibility index (Phi) is 6.91. The number of carboxylic acids is 1. The number of carboxylic acid groups (broad SMARTS) is 1. The van der Waals surface area contributed by atoms with Crippen LogP contribution < -0.4 is 10.2 Å². The molecule has 3 aromatic rings. The summed E-state index contributed by atoms with van der Waals surface area (Å²) in [5.74, 6) is -0.226. The summed E-state index contributed by atoms with van der Waals surface area (Å²) >= 11 is 1.18. The molecular weight excluding hydrogens is 476 g/mol. The molecule has 2 aliphatic carbocycles. The number of benzene rings is 1. The summed E-state index contributed by atoms with van der Waals surface area (Å²) in [6.45, 7) is 2.81. The van der Waals surface area contributed by atoms with E-state index in [1.54, 1.807) is 29.3 Å². The third-order valence-corrected chi connectivity index (χ3v) is 8.29. The van der Waals surface area contributed by atoms with Gasteiger partial charge in [-0.15, -0.1) is 11.3 Å². The zero-order chi connectivity index (χ0) is 25.2. The lowest BCUT2D eigenvalue weighted by Gasteiger charge is -2.31. The van der Waals surface area contributed by atoms with Crippen molar-refractivity contribution in [3.05, 3.63) is 53.2 Å². The summed E-state index contributed by atoms with van der Waals surface area (Å²) in [5.41, 5.74) is 2.24. The highest BCUT2D eigenvalue weighted by atomic mass is 32.1. The molecule has 36 heavy (non-hydrogen) atoms. The molecule has 188 valence electrons. The lowest BCUT2D eigenvalue weighted by molar-refractivity contribution is -0.123. The predicted octanol–water partition coefficient (Wildman–Crippen LogP) is 5.66. The predicted molar refractivity (Wildman–Crippen MR) is 139 cm³/mol. The molecule has 2 aliphatic rings. The van der Waals surface area contributed by atoms with Gasteiger partial charge in [-0.2, -0.15) is 5.10 Å². The topological polar surface area (TPSA) is 115 Å². The number of amides is 2. The van der Waals surface area contributed by atoms with Crippen LogP contribution in [0.15, 0.2) is 42.6 Å².